The fraction of sp³-hybridized carbons (Fsp3) is 0.200. The number of aryl methyl sites for hydroxylation is 2. The molecule has 114 valence electrons. The minimum absolute atomic E-state index is 0.195. The number of carbonyl (C=O) groups excluding carboxylic acids is 1. The van der Waals surface area contributed by atoms with Crippen LogP contribution in [-0.4, -0.2) is 27.8 Å². The van der Waals surface area contributed by atoms with Crippen molar-refractivity contribution in [3.8, 4) is 0 Å². The van der Waals surface area contributed by atoms with Crippen molar-refractivity contribution in [1.82, 2.24) is 15.4 Å². The lowest BCUT2D eigenvalue weighted by Gasteiger charge is -2.02. The van der Waals surface area contributed by atoms with E-state index in [0.29, 0.717) is 5.16 Å². The van der Waals surface area contributed by atoms with E-state index in [1.54, 1.807) is 6.21 Å². The van der Waals surface area contributed by atoms with E-state index in [2.05, 4.69) is 36.4 Å². The third kappa shape index (κ3) is 5.57. The van der Waals surface area contributed by atoms with E-state index in [4.69, 9.17) is 0 Å². The summed E-state index contributed by atoms with van der Waals surface area (Å²) in [5.41, 5.74) is 5.18. The standard InChI is InChI=1S/C15H15BrN4OS/c1-10-6-11(2)19-15(18-10)22-9-14(21)20-17-8-12-4-3-5-13(16)7-12/h3-8H,9H2,1-2H3,(H,20,21)/b17-8-. The molecule has 0 saturated carbocycles. The fourth-order valence-electron chi connectivity index (χ4n) is 1.69. The van der Waals surface area contributed by atoms with Gasteiger partial charge in [-0.2, -0.15) is 5.10 Å². The second kappa shape index (κ2) is 8.05. The SMILES string of the molecule is Cc1cc(C)nc(SCC(=O)N/N=C\c2cccc(Br)c2)n1. The molecule has 2 rings (SSSR count). The molecule has 1 N–H and O–H groups in total. The van der Waals surface area contributed by atoms with Gasteiger partial charge in [0, 0.05) is 15.9 Å². The Morgan fingerprint density at radius 1 is 1.32 bits per heavy atom. The maximum Gasteiger partial charge on any atom is 0.250 e. The summed E-state index contributed by atoms with van der Waals surface area (Å²) in [6.45, 7) is 3.81. The topological polar surface area (TPSA) is 67.2 Å². The molecule has 1 aromatic heterocycles. The first-order chi connectivity index (χ1) is 10.5. The molecule has 0 atom stereocenters. The summed E-state index contributed by atoms with van der Waals surface area (Å²) in [4.78, 5) is 20.3. The van der Waals surface area contributed by atoms with Crippen LogP contribution in [0.4, 0.5) is 0 Å². The number of amides is 1. The van der Waals surface area contributed by atoms with Gasteiger partial charge in [-0.3, -0.25) is 4.79 Å². The Morgan fingerprint density at radius 3 is 2.73 bits per heavy atom. The van der Waals surface area contributed by atoms with Crippen LogP contribution in [0, 0.1) is 13.8 Å². The molecular formula is C15H15BrN4OS. The van der Waals surface area contributed by atoms with Gasteiger partial charge in [-0.15, -0.1) is 0 Å². The van der Waals surface area contributed by atoms with Crippen molar-refractivity contribution in [2.75, 3.05) is 5.75 Å². The van der Waals surface area contributed by atoms with E-state index >= 15 is 0 Å². The summed E-state index contributed by atoms with van der Waals surface area (Å²) < 4.78 is 0.963. The van der Waals surface area contributed by atoms with Gasteiger partial charge < -0.3 is 0 Å². The molecular weight excluding hydrogens is 364 g/mol. The lowest BCUT2D eigenvalue weighted by Crippen LogP contribution is -2.19. The predicted molar refractivity (Wildman–Crippen MR) is 92.1 cm³/mol. The first-order valence-corrected chi connectivity index (χ1v) is 8.33. The minimum Gasteiger partial charge on any atom is -0.272 e. The maximum absolute atomic E-state index is 11.7. The van der Waals surface area contributed by atoms with Crippen molar-refractivity contribution in [3.63, 3.8) is 0 Å². The predicted octanol–water partition coefficient (Wildman–Crippen LogP) is 3.10. The van der Waals surface area contributed by atoms with Gasteiger partial charge in [0.2, 0.25) is 0 Å². The zero-order valence-corrected chi connectivity index (χ0v) is 14.6. The average molecular weight is 379 g/mol. The lowest BCUT2D eigenvalue weighted by atomic mass is 10.2. The fourth-order valence-corrected chi connectivity index (χ4v) is 2.84. The number of hydrazone groups is 1. The van der Waals surface area contributed by atoms with Crippen molar-refractivity contribution in [1.29, 1.82) is 0 Å². The number of nitrogens with zero attached hydrogens (tertiary/aromatic N) is 3. The Hall–Kier alpha value is -1.73. The number of nitrogens with one attached hydrogen (secondary N) is 1. The highest BCUT2D eigenvalue weighted by Gasteiger charge is 2.05. The van der Waals surface area contributed by atoms with E-state index < -0.39 is 0 Å². The van der Waals surface area contributed by atoms with E-state index in [1.165, 1.54) is 11.8 Å². The van der Waals surface area contributed by atoms with Gasteiger partial charge in [0.25, 0.3) is 5.91 Å². The number of halogens is 1. The largest absolute Gasteiger partial charge is 0.272 e. The molecule has 1 aromatic carbocycles. The van der Waals surface area contributed by atoms with Gasteiger partial charge in [-0.05, 0) is 37.6 Å². The quantitative estimate of drug-likeness (QED) is 0.375. The summed E-state index contributed by atoms with van der Waals surface area (Å²) >= 11 is 4.67. The first-order valence-electron chi connectivity index (χ1n) is 6.55. The Kier molecular flexibility index (Phi) is 6.09. The average Bonchev–Trinajstić information content (AvgIpc) is 2.44. The molecule has 7 heteroatoms. The molecule has 1 amide bonds. The molecule has 0 aliphatic rings. The number of hydrogen-bond donors (Lipinski definition) is 1. The number of carbonyl (C=O) groups is 1. The van der Waals surface area contributed by atoms with Crippen LogP contribution in [-0.2, 0) is 4.79 Å². The number of rotatable bonds is 5. The van der Waals surface area contributed by atoms with Gasteiger partial charge in [-0.1, -0.05) is 39.8 Å². The van der Waals surface area contributed by atoms with Gasteiger partial charge in [0.1, 0.15) is 0 Å². The number of aromatic nitrogens is 2. The Labute approximate surface area is 141 Å². The monoisotopic (exact) mass is 378 g/mol. The first kappa shape index (κ1) is 16.6. The molecule has 0 fully saturated rings. The van der Waals surface area contributed by atoms with Crippen LogP contribution >= 0.6 is 27.7 Å². The Bertz CT molecular complexity index is 685. The summed E-state index contributed by atoms with van der Waals surface area (Å²) in [7, 11) is 0. The van der Waals surface area contributed by atoms with Crippen LogP contribution < -0.4 is 5.43 Å². The van der Waals surface area contributed by atoms with Crippen LogP contribution in [0.25, 0.3) is 0 Å². The summed E-state index contributed by atoms with van der Waals surface area (Å²) in [6, 6.07) is 9.54. The number of thioether (sulfide) groups is 1. The van der Waals surface area contributed by atoms with E-state index in [1.807, 2.05) is 44.2 Å². The lowest BCUT2D eigenvalue weighted by molar-refractivity contribution is -0.118. The minimum atomic E-state index is -0.195. The van der Waals surface area contributed by atoms with Gasteiger partial charge in [0.05, 0.1) is 12.0 Å². The van der Waals surface area contributed by atoms with E-state index in [0.717, 1.165) is 21.4 Å². The molecule has 0 saturated heterocycles. The molecule has 5 nitrogen and oxygen atoms in total. The van der Waals surface area contributed by atoms with E-state index in [-0.39, 0.29) is 11.7 Å². The smallest absolute Gasteiger partial charge is 0.250 e. The molecule has 0 aliphatic heterocycles. The van der Waals surface area contributed by atoms with Gasteiger partial charge in [-0.25, -0.2) is 15.4 Å². The van der Waals surface area contributed by atoms with Crippen molar-refractivity contribution in [2.24, 2.45) is 5.10 Å². The zero-order valence-electron chi connectivity index (χ0n) is 12.2. The van der Waals surface area contributed by atoms with Crippen LogP contribution in [0.1, 0.15) is 17.0 Å². The Morgan fingerprint density at radius 2 is 2.05 bits per heavy atom. The number of benzene rings is 1. The molecule has 0 aliphatic carbocycles. The van der Waals surface area contributed by atoms with Crippen LogP contribution in [0.5, 0.6) is 0 Å². The van der Waals surface area contributed by atoms with E-state index in [9.17, 15) is 4.79 Å². The highest BCUT2D eigenvalue weighted by molar-refractivity contribution is 9.10. The Balaban J connectivity index is 1.83. The van der Waals surface area contributed by atoms with Crippen molar-refractivity contribution < 1.29 is 4.79 Å². The van der Waals surface area contributed by atoms with Crippen molar-refractivity contribution in [2.45, 2.75) is 19.0 Å². The number of hydrogen-bond acceptors (Lipinski definition) is 5. The summed E-state index contributed by atoms with van der Waals surface area (Å²) in [5.74, 6) is 0.0256. The third-order valence-corrected chi connectivity index (χ3v) is 3.89. The second-order valence-electron chi connectivity index (χ2n) is 4.57. The van der Waals surface area contributed by atoms with Crippen molar-refractivity contribution in [3.05, 3.63) is 51.8 Å². The molecule has 0 bridgehead atoms. The summed E-state index contributed by atoms with van der Waals surface area (Å²) in [5, 5.41) is 4.53. The van der Waals surface area contributed by atoms with Crippen LogP contribution in [0.15, 0.2) is 45.1 Å². The highest BCUT2D eigenvalue weighted by Crippen LogP contribution is 2.13. The third-order valence-electron chi connectivity index (χ3n) is 2.55. The molecule has 0 spiro atoms. The zero-order chi connectivity index (χ0) is 15.9. The van der Waals surface area contributed by atoms with Crippen LogP contribution in [0.2, 0.25) is 0 Å². The van der Waals surface area contributed by atoms with Gasteiger partial charge in [0.15, 0.2) is 5.16 Å². The molecule has 0 unspecified atom stereocenters. The molecule has 2 aromatic rings. The second-order valence-corrected chi connectivity index (χ2v) is 6.43. The highest BCUT2D eigenvalue weighted by atomic mass is 79.9. The molecule has 22 heavy (non-hydrogen) atoms. The molecule has 1 heterocycles. The van der Waals surface area contributed by atoms with Crippen molar-refractivity contribution >= 4 is 39.8 Å². The maximum atomic E-state index is 11.7. The van der Waals surface area contributed by atoms with Gasteiger partial charge >= 0.3 is 0 Å². The molecule has 0 radical (unpaired) electrons. The normalized spacial score (nSPS) is 10.9. The summed E-state index contributed by atoms with van der Waals surface area (Å²) in [6.07, 6.45) is 1.60. The van der Waals surface area contributed by atoms with Crippen LogP contribution in [0.3, 0.4) is 0 Å².